The highest BCUT2D eigenvalue weighted by Gasteiger charge is 2.55. The molecule has 0 spiro atoms. The summed E-state index contributed by atoms with van der Waals surface area (Å²) in [6.07, 6.45) is 2.16. The standard InChI is InChI=1S/C17H28O4/c1-16(2)6-11-13(8-16)17(3,20-5)7-10-12(14(11)18)9-21-15(10)19-4/h11,13-15,18H,6-9H2,1-5H3/t11-,13+,14+,15-,17+/m1/s1. The average molecular weight is 296 g/mol. The van der Waals surface area contributed by atoms with Crippen LogP contribution in [0.3, 0.4) is 0 Å². The van der Waals surface area contributed by atoms with Gasteiger partial charge in [-0.15, -0.1) is 0 Å². The van der Waals surface area contributed by atoms with Gasteiger partial charge in [0.25, 0.3) is 0 Å². The molecule has 3 aliphatic rings. The van der Waals surface area contributed by atoms with Crippen LogP contribution in [-0.4, -0.2) is 43.9 Å². The largest absolute Gasteiger partial charge is 0.388 e. The molecule has 1 saturated carbocycles. The van der Waals surface area contributed by atoms with Crippen molar-refractivity contribution in [2.45, 2.75) is 58.0 Å². The molecule has 0 unspecified atom stereocenters. The summed E-state index contributed by atoms with van der Waals surface area (Å²) >= 11 is 0. The van der Waals surface area contributed by atoms with Crippen molar-refractivity contribution in [3.05, 3.63) is 11.1 Å². The average Bonchev–Trinajstić information content (AvgIpc) is 2.96. The molecule has 0 aromatic rings. The fourth-order valence-electron chi connectivity index (χ4n) is 4.79. The summed E-state index contributed by atoms with van der Waals surface area (Å²) in [4.78, 5) is 0. The first kappa shape index (κ1) is 15.5. The number of hydrogen-bond acceptors (Lipinski definition) is 4. The van der Waals surface area contributed by atoms with E-state index in [0.717, 1.165) is 30.4 Å². The van der Waals surface area contributed by atoms with Gasteiger partial charge < -0.3 is 19.3 Å². The first-order valence-electron chi connectivity index (χ1n) is 7.91. The topological polar surface area (TPSA) is 47.9 Å². The third-order valence-electron chi connectivity index (χ3n) is 5.93. The summed E-state index contributed by atoms with van der Waals surface area (Å²) in [7, 11) is 3.45. The summed E-state index contributed by atoms with van der Waals surface area (Å²) in [5.74, 6) is 0.618. The van der Waals surface area contributed by atoms with Gasteiger partial charge in [0.2, 0.25) is 0 Å². The maximum absolute atomic E-state index is 11.0. The van der Waals surface area contributed by atoms with Crippen LogP contribution in [0.15, 0.2) is 11.1 Å². The third kappa shape index (κ3) is 2.37. The molecule has 0 aromatic carbocycles. The number of ether oxygens (including phenoxy) is 3. The normalized spacial score (nSPS) is 45.4. The van der Waals surface area contributed by atoms with E-state index in [2.05, 4.69) is 20.8 Å². The number of fused-ring (bicyclic) bond motifs is 1. The lowest BCUT2D eigenvalue weighted by Crippen LogP contribution is -2.41. The molecule has 0 amide bonds. The van der Waals surface area contributed by atoms with Crippen LogP contribution in [0.4, 0.5) is 0 Å². The van der Waals surface area contributed by atoms with Crippen LogP contribution in [0.5, 0.6) is 0 Å². The van der Waals surface area contributed by atoms with Crippen molar-refractivity contribution in [1.29, 1.82) is 0 Å². The maximum Gasteiger partial charge on any atom is 0.180 e. The lowest BCUT2D eigenvalue weighted by atomic mass is 9.77. The number of aliphatic hydroxyl groups is 1. The molecule has 0 aromatic heterocycles. The Labute approximate surface area is 127 Å². The molecule has 4 nitrogen and oxygen atoms in total. The molecule has 1 N–H and O–H groups in total. The number of rotatable bonds is 2. The lowest BCUT2D eigenvalue weighted by molar-refractivity contribution is -0.102. The van der Waals surface area contributed by atoms with E-state index in [4.69, 9.17) is 14.2 Å². The SMILES string of the molecule is CO[C@@H]1OCC2=C1C[C@](C)(OC)[C@H]1CC(C)(C)C[C@H]1[C@@H]2O. The summed E-state index contributed by atoms with van der Waals surface area (Å²) in [5.41, 5.74) is 2.13. The van der Waals surface area contributed by atoms with Gasteiger partial charge in [-0.05, 0) is 48.2 Å². The summed E-state index contributed by atoms with van der Waals surface area (Å²) in [5, 5.41) is 11.0. The lowest BCUT2D eigenvalue weighted by Gasteiger charge is -2.38. The number of hydrogen-bond donors (Lipinski definition) is 1. The Morgan fingerprint density at radius 3 is 2.48 bits per heavy atom. The first-order valence-corrected chi connectivity index (χ1v) is 7.91. The van der Waals surface area contributed by atoms with E-state index in [1.807, 2.05) is 0 Å². The summed E-state index contributed by atoms with van der Waals surface area (Å²) in [6.45, 7) is 7.25. The van der Waals surface area contributed by atoms with Gasteiger partial charge in [0.05, 0.1) is 18.3 Å². The van der Waals surface area contributed by atoms with Crippen molar-refractivity contribution in [3.63, 3.8) is 0 Å². The number of methoxy groups -OCH3 is 2. The molecular weight excluding hydrogens is 268 g/mol. The Morgan fingerprint density at radius 1 is 1.14 bits per heavy atom. The minimum Gasteiger partial charge on any atom is -0.388 e. The van der Waals surface area contributed by atoms with Crippen molar-refractivity contribution in [2.75, 3.05) is 20.8 Å². The molecule has 5 atom stereocenters. The van der Waals surface area contributed by atoms with E-state index >= 15 is 0 Å². The highest BCUT2D eigenvalue weighted by Crippen LogP contribution is 2.56. The Bertz CT molecular complexity index is 456. The van der Waals surface area contributed by atoms with E-state index in [9.17, 15) is 5.11 Å². The van der Waals surface area contributed by atoms with Gasteiger partial charge >= 0.3 is 0 Å². The second-order valence-electron chi connectivity index (χ2n) is 7.91. The minimum atomic E-state index is -0.427. The van der Waals surface area contributed by atoms with E-state index in [1.54, 1.807) is 14.2 Å². The Morgan fingerprint density at radius 2 is 1.86 bits per heavy atom. The quantitative estimate of drug-likeness (QED) is 0.795. The molecule has 0 saturated heterocycles. The Hall–Kier alpha value is -0.420. The van der Waals surface area contributed by atoms with Gasteiger partial charge in [-0.3, -0.25) is 0 Å². The van der Waals surface area contributed by atoms with Crippen molar-refractivity contribution < 1.29 is 19.3 Å². The van der Waals surface area contributed by atoms with Crippen molar-refractivity contribution >= 4 is 0 Å². The van der Waals surface area contributed by atoms with Crippen LogP contribution in [0.1, 0.15) is 40.0 Å². The van der Waals surface area contributed by atoms with Crippen LogP contribution in [0, 0.1) is 17.3 Å². The van der Waals surface area contributed by atoms with E-state index in [-0.39, 0.29) is 23.2 Å². The van der Waals surface area contributed by atoms with Gasteiger partial charge in [0.15, 0.2) is 6.29 Å². The summed E-state index contributed by atoms with van der Waals surface area (Å²) < 4.78 is 17.1. The second-order valence-corrected chi connectivity index (χ2v) is 7.91. The zero-order chi connectivity index (χ0) is 15.4. The van der Waals surface area contributed by atoms with Crippen LogP contribution in [0.25, 0.3) is 0 Å². The molecule has 2 aliphatic carbocycles. The molecule has 1 aliphatic heterocycles. The van der Waals surface area contributed by atoms with E-state index < -0.39 is 6.10 Å². The predicted octanol–water partition coefficient (Wildman–Crippen LogP) is 2.51. The molecule has 3 rings (SSSR count). The fraction of sp³-hybridized carbons (Fsp3) is 0.882. The fourth-order valence-corrected chi connectivity index (χ4v) is 4.79. The van der Waals surface area contributed by atoms with Gasteiger partial charge in [-0.1, -0.05) is 13.8 Å². The van der Waals surface area contributed by atoms with Crippen molar-refractivity contribution in [2.24, 2.45) is 17.3 Å². The van der Waals surface area contributed by atoms with Crippen LogP contribution in [0.2, 0.25) is 0 Å². The number of aliphatic hydroxyl groups excluding tert-OH is 1. The predicted molar refractivity (Wildman–Crippen MR) is 79.8 cm³/mol. The van der Waals surface area contributed by atoms with Gasteiger partial charge in [-0.2, -0.15) is 0 Å². The first-order chi connectivity index (χ1) is 9.81. The molecule has 1 fully saturated rings. The van der Waals surface area contributed by atoms with E-state index in [0.29, 0.717) is 12.5 Å². The minimum absolute atomic E-state index is 0.247. The zero-order valence-electron chi connectivity index (χ0n) is 13.8. The molecule has 120 valence electrons. The molecule has 0 bridgehead atoms. The zero-order valence-corrected chi connectivity index (χ0v) is 13.8. The Balaban J connectivity index is 2.02. The highest BCUT2D eigenvalue weighted by molar-refractivity contribution is 5.31. The molecule has 4 heteroatoms. The monoisotopic (exact) mass is 296 g/mol. The molecule has 1 heterocycles. The molecule has 21 heavy (non-hydrogen) atoms. The smallest absolute Gasteiger partial charge is 0.180 e. The third-order valence-corrected chi connectivity index (χ3v) is 5.93. The highest BCUT2D eigenvalue weighted by atomic mass is 16.7. The molecular formula is C17H28O4. The van der Waals surface area contributed by atoms with Crippen LogP contribution >= 0.6 is 0 Å². The Kier molecular flexibility index (Phi) is 3.72. The van der Waals surface area contributed by atoms with Crippen LogP contribution in [-0.2, 0) is 14.2 Å². The van der Waals surface area contributed by atoms with Crippen LogP contribution < -0.4 is 0 Å². The molecule has 0 radical (unpaired) electrons. The van der Waals surface area contributed by atoms with Crippen molar-refractivity contribution in [1.82, 2.24) is 0 Å². The van der Waals surface area contributed by atoms with Crippen molar-refractivity contribution in [3.8, 4) is 0 Å². The van der Waals surface area contributed by atoms with Gasteiger partial charge in [0, 0.05) is 20.6 Å². The maximum atomic E-state index is 11.0. The second kappa shape index (κ2) is 5.05. The van der Waals surface area contributed by atoms with E-state index in [1.165, 1.54) is 0 Å². The van der Waals surface area contributed by atoms with Gasteiger partial charge in [-0.25, -0.2) is 0 Å². The van der Waals surface area contributed by atoms with Gasteiger partial charge in [0.1, 0.15) is 0 Å². The summed E-state index contributed by atoms with van der Waals surface area (Å²) in [6, 6.07) is 0.